The SMILES string of the molecule is CC/N=C(\C(=C(/N)OC)c1ncc(/N=C(/NCc2ccc([S+]([O-])CC)cn2)C(=O)N(C)C(CC)CC)cn1)C1CC1. The standard InChI is InChI=1S/C29H42N8O3S/c1-7-22(8-2)37(5)29(38)28(35-15-20-13-14-23(18-32-20)41(39)10-4)36-21-16-33-27(34-17-21)24(26(30)40-6)25(31-9-3)19-11-12-19/h13-14,16-19,22H,7-12,15,30H2,1-6H3,(H,35,36)/b26-24-,31-25-. The molecule has 0 spiro atoms. The number of amides is 1. The maximum absolute atomic E-state index is 13.5. The van der Waals surface area contributed by atoms with Gasteiger partial charge in [-0.25, -0.2) is 15.0 Å². The van der Waals surface area contributed by atoms with E-state index < -0.39 is 11.2 Å². The van der Waals surface area contributed by atoms with Crippen molar-refractivity contribution in [1.29, 1.82) is 0 Å². The molecule has 0 radical (unpaired) electrons. The maximum Gasteiger partial charge on any atom is 0.289 e. The first-order valence-corrected chi connectivity index (χ1v) is 15.4. The van der Waals surface area contributed by atoms with Crippen LogP contribution >= 0.6 is 0 Å². The summed E-state index contributed by atoms with van der Waals surface area (Å²) in [6.07, 6.45) is 8.43. The summed E-state index contributed by atoms with van der Waals surface area (Å²) in [6.45, 7) is 8.81. The van der Waals surface area contributed by atoms with Crippen molar-refractivity contribution >= 4 is 39.9 Å². The maximum atomic E-state index is 13.5. The van der Waals surface area contributed by atoms with Gasteiger partial charge in [0.25, 0.3) is 5.91 Å². The molecular weight excluding hydrogens is 540 g/mol. The zero-order valence-electron chi connectivity index (χ0n) is 24.9. The van der Waals surface area contributed by atoms with Gasteiger partial charge < -0.3 is 25.2 Å². The molecule has 0 bridgehead atoms. The average Bonchev–Trinajstić information content (AvgIpc) is 3.85. The van der Waals surface area contributed by atoms with E-state index in [1.807, 2.05) is 13.8 Å². The number of carbonyl (C=O) groups excluding carboxylic acids is 1. The molecule has 1 amide bonds. The number of ether oxygens (including phenoxy) is 1. The highest BCUT2D eigenvalue weighted by Crippen LogP contribution is 2.36. The lowest BCUT2D eigenvalue weighted by molar-refractivity contribution is -0.125. The van der Waals surface area contributed by atoms with Gasteiger partial charge in [-0.3, -0.25) is 14.8 Å². The Kier molecular flexibility index (Phi) is 12.1. The van der Waals surface area contributed by atoms with Crippen molar-refractivity contribution < 1.29 is 14.1 Å². The second-order valence-electron chi connectivity index (χ2n) is 9.66. The minimum atomic E-state index is -1.08. The van der Waals surface area contributed by atoms with Gasteiger partial charge in [0.05, 0.1) is 49.2 Å². The van der Waals surface area contributed by atoms with Crippen LogP contribution in [-0.4, -0.2) is 74.4 Å². The fourth-order valence-corrected chi connectivity index (χ4v) is 5.08. The predicted molar refractivity (Wildman–Crippen MR) is 163 cm³/mol. The van der Waals surface area contributed by atoms with Crippen molar-refractivity contribution in [3.05, 3.63) is 48.1 Å². The summed E-state index contributed by atoms with van der Waals surface area (Å²) in [6, 6.07) is 3.65. The number of nitrogens with two attached hydrogens (primary N) is 1. The molecular formula is C29H42N8O3S. The lowest BCUT2D eigenvalue weighted by Gasteiger charge is -2.27. The molecule has 1 aliphatic carbocycles. The summed E-state index contributed by atoms with van der Waals surface area (Å²) in [7, 11) is 3.29. The number of amidine groups is 1. The highest BCUT2D eigenvalue weighted by molar-refractivity contribution is 7.91. The third kappa shape index (κ3) is 8.49. The fraction of sp³-hybridized carbons (Fsp3) is 0.517. The number of likely N-dealkylation sites (N-methyl/N-ethyl adjacent to an activating group) is 1. The Morgan fingerprint density at radius 1 is 1.17 bits per heavy atom. The van der Waals surface area contributed by atoms with Crippen LogP contribution in [0.5, 0.6) is 0 Å². The van der Waals surface area contributed by atoms with E-state index in [0.29, 0.717) is 45.9 Å². The molecule has 12 heteroatoms. The third-order valence-corrected chi connectivity index (χ3v) is 8.18. The van der Waals surface area contributed by atoms with Gasteiger partial charge >= 0.3 is 0 Å². The summed E-state index contributed by atoms with van der Waals surface area (Å²) in [5.74, 6) is 1.35. The van der Waals surface area contributed by atoms with Crippen LogP contribution in [0.1, 0.15) is 64.9 Å². The molecule has 3 N–H and O–H groups in total. The van der Waals surface area contributed by atoms with Crippen LogP contribution in [0.3, 0.4) is 0 Å². The average molecular weight is 583 g/mol. The van der Waals surface area contributed by atoms with Crippen LogP contribution in [0.2, 0.25) is 0 Å². The largest absolute Gasteiger partial charge is 0.611 e. The topological polar surface area (TPSA) is 154 Å². The molecule has 1 fully saturated rings. The molecule has 1 saturated carbocycles. The fourth-order valence-electron chi connectivity index (χ4n) is 4.35. The Balaban J connectivity index is 1.91. The molecule has 3 rings (SSSR count). The summed E-state index contributed by atoms with van der Waals surface area (Å²) in [5.41, 5.74) is 8.74. The van der Waals surface area contributed by atoms with Crippen molar-refractivity contribution in [1.82, 2.24) is 25.2 Å². The molecule has 1 aliphatic rings. The first-order valence-electron chi connectivity index (χ1n) is 14.1. The first kappa shape index (κ1) is 32.0. The summed E-state index contributed by atoms with van der Waals surface area (Å²) >= 11 is -1.08. The second-order valence-corrected chi connectivity index (χ2v) is 11.4. The van der Waals surface area contributed by atoms with Crippen LogP contribution in [0.4, 0.5) is 5.69 Å². The van der Waals surface area contributed by atoms with E-state index in [2.05, 4.69) is 44.1 Å². The van der Waals surface area contributed by atoms with Gasteiger partial charge in [0.2, 0.25) is 0 Å². The van der Waals surface area contributed by atoms with E-state index in [1.54, 1.807) is 42.7 Å². The molecule has 1 unspecified atom stereocenters. The van der Waals surface area contributed by atoms with Crippen LogP contribution in [0.15, 0.2) is 51.5 Å². The quantitative estimate of drug-likeness (QED) is 0.157. The zero-order chi connectivity index (χ0) is 29.9. The molecule has 0 aliphatic heterocycles. The van der Waals surface area contributed by atoms with Crippen LogP contribution in [-0.2, 0) is 27.3 Å². The molecule has 2 heterocycles. The minimum absolute atomic E-state index is 0.0676. The van der Waals surface area contributed by atoms with Gasteiger partial charge in [0.1, 0.15) is 11.4 Å². The smallest absolute Gasteiger partial charge is 0.289 e. The predicted octanol–water partition coefficient (Wildman–Crippen LogP) is 3.61. The molecule has 11 nitrogen and oxygen atoms in total. The van der Waals surface area contributed by atoms with Gasteiger partial charge in [0.15, 0.2) is 22.4 Å². The Labute approximate surface area is 246 Å². The van der Waals surface area contributed by atoms with Gasteiger partial charge in [-0.05, 0) is 62.8 Å². The molecule has 1 atom stereocenters. The molecule has 2 aromatic rings. The highest BCUT2D eigenvalue weighted by Gasteiger charge is 2.33. The van der Waals surface area contributed by atoms with E-state index >= 15 is 0 Å². The molecule has 0 aromatic carbocycles. The van der Waals surface area contributed by atoms with E-state index in [1.165, 1.54) is 7.11 Å². The lowest BCUT2D eigenvalue weighted by Crippen LogP contribution is -2.45. The number of rotatable bonds is 13. The van der Waals surface area contributed by atoms with Crippen LogP contribution in [0, 0.1) is 5.92 Å². The number of pyridine rings is 1. The normalized spacial score (nSPS) is 15.4. The number of hydrogen-bond donors (Lipinski definition) is 2. The molecule has 41 heavy (non-hydrogen) atoms. The monoisotopic (exact) mass is 582 g/mol. The molecule has 2 aromatic heterocycles. The van der Waals surface area contributed by atoms with E-state index in [-0.39, 0.29) is 30.2 Å². The number of aliphatic imine (C=N–C) groups is 2. The number of nitrogens with zero attached hydrogens (tertiary/aromatic N) is 6. The Bertz CT molecular complexity index is 1240. The minimum Gasteiger partial charge on any atom is -0.611 e. The van der Waals surface area contributed by atoms with E-state index in [4.69, 9.17) is 10.5 Å². The third-order valence-electron chi connectivity index (χ3n) is 6.89. The van der Waals surface area contributed by atoms with Crippen molar-refractivity contribution in [3.63, 3.8) is 0 Å². The summed E-state index contributed by atoms with van der Waals surface area (Å²) in [4.78, 5) is 38.6. The number of nitrogens with one attached hydrogen (secondary N) is 1. The number of carbonyl (C=O) groups is 1. The van der Waals surface area contributed by atoms with E-state index in [9.17, 15) is 9.35 Å². The van der Waals surface area contributed by atoms with Crippen LogP contribution in [0.25, 0.3) is 5.57 Å². The van der Waals surface area contributed by atoms with Crippen molar-refractivity contribution in [3.8, 4) is 0 Å². The molecule has 0 saturated heterocycles. The first-order chi connectivity index (χ1) is 19.8. The number of aromatic nitrogens is 3. The van der Waals surface area contributed by atoms with Gasteiger partial charge in [-0.2, -0.15) is 0 Å². The number of methoxy groups -OCH3 is 1. The second kappa shape index (κ2) is 15.5. The number of hydrogen-bond acceptors (Lipinski definition) is 9. The van der Waals surface area contributed by atoms with Gasteiger partial charge in [-0.15, -0.1) is 0 Å². The van der Waals surface area contributed by atoms with Crippen molar-refractivity contribution in [2.75, 3.05) is 26.5 Å². The molecule has 222 valence electrons. The van der Waals surface area contributed by atoms with Gasteiger partial charge in [0, 0.05) is 25.6 Å². The number of allylic oxidation sites excluding steroid dienone is 1. The lowest BCUT2D eigenvalue weighted by atomic mass is 10.1. The Morgan fingerprint density at radius 2 is 1.85 bits per heavy atom. The van der Waals surface area contributed by atoms with Gasteiger partial charge in [-0.1, -0.05) is 13.8 Å². The van der Waals surface area contributed by atoms with Crippen LogP contribution < -0.4 is 11.1 Å². The highest BCUT2D eigenvalue weighted by atomic mass is 32.2. The van der Waals surface area contributed by atoms with E-state index in [0.717, 1.165) is 31.4 Å². The zero-order valence-corrected chi connectivity index (χ0v) is 25.7. The van der Waals surface area contributed by atoms with Crippen molar-refractivity contribution in [2.24, 2.45) is 21.6 Å². The Morgan fingerprint density at radius 3 is 2.37 bits per heavy atom. The van der Waals surface area contributed by atoms with Crippen molar-refractivity contribution in [2.45, 2.75) is 70.9 Å². The summed E-state index contributed by atoms with van der Waals surface area (Å²) < 4.78 is 17.4. The summed E-state index contributed by atoms with van der Waals surface area (Å²) in [5, 5.41) is 3.15. The Hall–Kier alpha value is -3.51.